The Morgan fingerprint density at radius 3 is 2.88 bits per heavy atom. The van der Waals surface area contributed by atoms with Gasteiger partial charge in [-0.15, -0.1) is 11.3 Å². The first-order valence-electron chi connectivity index (χ1n) is 4.94. The Morgan fingerprint density at radius 2 is 2.38 bits per heavy atom. The molecular formula is C10H11Cl2NO2S. The van der Waals surface area contributed by atoms with Crippen LogP contribution in [0.3, 0.4) is 0 Å². The maximum atomic E-state index is 11.9. The number of carbonyl (C=O) groups excluding carboxylic acids is 1. The van der Waals surface area contributed by atoms with Crippen LogP contribution in [0.15, 0.2) is 6.07 Å². The molecule has 1 aromatic rings. The average Bonchev–Trinajstić information content (AvgIpc) is 2.73. The Labute approximate surface area is 108 Å². The first kappa shape index (κ1) is 12.3. The van der Waals surface area contributed by atoms with Crippen molar-refractivity contribution in [1.82, 2.24) is 4.90 Å². The van der Waals surface area contributed by atoms with E-state index in [2.05, 4.69) is 0 Å². The molecule has 0 radical (unpaired) electrons. The molecule has 0 bridgehead atoms. The first-order valence-corrected chi connectivity index (χ1v) is 6.52. The van der Waals surface area contributed by atoms with Gasteiger partial charge in [-0.1, -0.05) is 23.2 Å². The fourth-order valence-corrected chi connectivity index (χ4v) is 3.27. The summed E-state index contributed by atoms with van der Waals surface area (Å²) in [5.74, 6) is -0.0396. The van der Waals surface area contributed by atoms with E-state index in [1.807, 2.05) is 4.90 Å². The summed E-state index contributed by atoms with van der Waals surface area (Å²) in [7, 11) is 0. The normalized spacial score (nSPS) is 21.6. The van der Waals surface area contributed by atoms with Crippen molar-refractivity contribution in [1.29, 1.82) is 0 Å². The van der Waals surface area contributed by atoms with Crippen LogP contribution < -0.4 is 0 Å². The second-order valence-corrected chi connectivity index (χ2v) is 6.12. The van der Waals surface area contributed by atoms with Gasteiger partial charge in [0.15, 0.2) is 5.78 Å². The number of rotatable bonds is 3. The predicted molar refractivity (Wildman–Crippen MR) is 65.7 cm³/mol. The monoisotopic (exact) mass is 279 g/mol. The van der Waals surface area contributed by atoms with Crippen molar-refractivity contribution in [3.05, 3.63) is 20.3 Å². The van der Waals surface area contributed by atoms with Gasteiger partial charge >= 0.3 is 0 Å². The summed E-state index contributed by atoms with van der Waals surface area (Å²) in [4.78, 5) is 13.8. The van der Waals surface area contributed by atoms with Gasteiger partial charge in [0.25, 0.3) is 0 Å². The van der Waals surface area contributed by atoms with Crippen molar-refractivity contribution >= 4 is 40.3 Å². The molecule has 3 nitrogen and oxygen atoms in total. The molecule has 1 fully saturated rings. The highest BCUT2D eigenvalue weighted by atomic mass is 35.5. The number of β-amino-alcohol motifs (C(OH)–C–C–N with tert-alkyl or cyclic N) is 1. The highest BCUT2D eigenvalue weighted by Crippen LogP contribution is 2.31. The number of hydrogen-bond acceptors (Lipinski definition) is 4. The third-order valence-electron chi connectivity index (χ3n) is 2.57. The Bertz CT molecular complexity index is 408. The quantitative estimate of drug-likeness (QED) is 0.864. The van der Waals surface area contributed by atoms with Crippen molar-refractivity contribution in [2.24, 2.45) is 0 Å². The smallest absolute Gasteiger partial charge is 0.179 e. The fraction of sp³-hybridized carbons (Fsp3) is 0.500. The van der Waals surface area contributed by atoms with Crippen molar-refractivity contribution in [2.45, 2.75) is 12.5 Å². The molecule has 2 rings (SSSR count). The van der Waals surface area contributed by atoms with Crippen LogP contribution in [0.1, 0.15) is 16.8 Å². The lowest BCUT2D eigenvalue weighted by molar-refractivity contribution is 0.0935. The maximum absolute atomic E-state index is 11.9. The molecule has 1 aliphatic rings. The molecular weight excluding hydrogens is 269 g/mol. The topological polar surface area (TPSA) is 40.5 Å². The summed E-state index contributed by atoms with van der Waals surface area (Å²) in [5.41, 5.74) is 0.484. The first-order chi connectivity index (χ1) is 7.56. The zero-order valence-electron chi connectivity index (χ0n) is 8.45. The highest BCUT2D eigenvalue weighted by molar-refractivity contribution is 7.20. The number of aliphatic hydroxyl groups is 1. The zero-order valence-corrected chi connectivity index (χ0v) is 10.8. The number of likely N-dealkylation sites (tertiary alicyclic amines) is 1. The van der Waals surface area contributed by atoms with E-state index in [0.717, 1.165) is 13.0 Å². The molecule has 6 heteroatoms. The van der Waals surface area contributed by atoms with Crippen LogP contribution in [0.4, 0.5) is 0 Å². The van der Waals surface area contributed by atoms with Crippen LogP contribution >= 0.6 is 34.5 Å². The third kappa shape index (κ3) is 2.76. The third-order valence-corrected chi connectivity index (χ3v) is 4.06. The Kier molecular flexibility index (Phi) is 3.87. The summed E-state index contributed by atoms with van der Waals surface area (Å²) in [5, 5.41) is 9.34. The molecule has 16 heavy (non-hydrogen) atoms. The van der Waals surface area contributed by atoms with Crippen LogP contribution in [-0.4, -0.2) is 41.5 Å². The molecule has 1 unspecified atom stereocenters. The van der Waals surface area contributed by atoms with E-state index in [1.54, 1.807) is 6.07 Å². The van der Waals surface area contributed by atoms with E-state index in [0.29, 0.717) is 27.3 Å². The summed E-state index contributed by atoms with van der Waals surface area (Å²) in [6.45, 7) is 1.60. The number of thiophene rings is 1. The molecule has 1 aromatic heterocycles. The number of Topliss-reactive ketones (excluding diaryl/α,β-unsaturated/α-hetero) is 1. The summed E-state index contributed by atoms with van der Waals surface area (Å²) in [6.07, 6.45) is 0.417. The van der Waals surface area contributed by atoms with Crippen molar-refractivity contribution in [2.75, 3.05) is 19.6 Å². The number of ketones is 1. The second-order valence-electron chi connectivity index (χ2n) is 3.84. The highest BCUT2D eigenvalue weighted by Gasteiger charge is 2.24. The van der Waals surface area contributed by atoms with Gasteiger partial charge in [0.1, 0.15) is 4.34 Å². The van der Waals surface area contributed by atoms with Gasteiger partial charge in [-0.2, -0.15) is 0 Å². The van der Waals surface area contributed by atoms with Crippen LogP contribution in [0.2, 0.25) is 8.67 Å². The molecule has 1 atom stereocenters. The van der Waals surface area contributed by atoms with E-state index in [1.165, 1.54) is 11.3 Å². The van der Waals surface area contributed by atoms with Crippen molar-refractivity contribution in [3.8, 4) is 0 Å². The van der Waals surface area contributed by atoms with Crippen LogP contribution in [-0.2, 0) is 0 Å². The zero-order chi connectivity index (χ0) is 11.7. The summed E-state index contributed by atoms with van der Waals surface area (Å²) in [6, 6.07) is 1.60. The van der Waals surface area contributed by atoms with E-state index < -0.39 is 0 Å². The van der Waals surface area contributed by atoms with Crippen molar-refractivity contribution in [3.63, 3.8) is 0 Å². The molecule has 0 aliphatic carbocycles. The second kappa shape index (κ2) is 5.02. The predicted octanol–water partition coefficient (Wildman–Crippen LogP) is 2.30. The lowest BCUT2D eigenvalue weighted by Crippen LogP contribution is -2.28. The minimum absolute atomic E-state index is 0.0396. The van der Waals surface area contributed by atoms with Gasteiger partial charge in [0.2, 0.25) is 0 Å². The molecule has 0 spiro atoms. The maximum Gasteiger partial charge on any atom is 0.179 e. The number of aliphatic hydroxyl groups excluding tert-OH is 1. The van der Waals surface area contributed by atoms with E-state index in [9.17, 15) is 9.90 Å². The van der Waals surface area contributed by atoms with Crippen LogP contribution in [0, 0.1) is 0 Å². The molecule has 1 N–H and O–H groups in total. The van der Waals surface area contributed by atoms with Gasteiger partial charge in [-0.05, 0) is 12.5 Å². The van der Waals surface area contributed by atoms with Crippen molar-refractivity contribution < 1.29 is 9.90 Å². The largest absolute Gasteiger partial charge is 0.392 e. The molecule has 0 amide bonds. The molecule has 0 aromatic carbocycles. The molecule has 0 saturated carbocycles. The Hall–Kier alpha value is -0.130. The fourth-order valence-electron chi connectivity index (χ4n) is 1.77. The number of carbonyl (C=O) groups is 1. The van der Waals surface area contributed by atoms with E-state index >= 15 is 0 Å². The van der Waals surface area contributed by atoms with Crippen LogP contribution in [0.25, 0.3) is 0 Å². The number of nitrogens with zero attached hydrogens (tertiary/aromatic N) is 1. The average molecular weight is 280 g/mol. The van der Waals surface area contributed by atoms with Gasteiger partial charge in [0, 0.05) is 13.1 Å². The van der Waals surface area contributed by atoms with E-state index in [-0.39, 0.29) is 11.9 Å². The minimum atomic E-state index is -0.311. The lowest BCUT2D eigenvalue weighted by atomic mass is 10.2. The molecule has 1 aliphatic heterocycles. The van der Waals surface area contributed by atoms with Crippen LogP contribution in [0.5, 0.6) is 0 Å². The lowest BCUT2D eigenvalue weighted by Gasteiger charge is -2.12. The summed E-state index contributed by atoms with van der Waals surface area (Å²) < 4.78 is 0.963. The van der Waals surface area contributed by atoms with Gasteiger partial charge < -0.3 is 5.11 Å². The molecule has 88 valence electrons. The number of hydrogen-bond donors (Lipinski definition) is 1. The summed E-state index contributed by atoms with van der Waals surface area (Å²) >= 11 is 12.9. The van der Waals surface area contributed by atoms with Gasteiger partial charge in [-0.25, -0.2) is 0 Å². The van der Waals surface area contributed by atoms with E-state index in [4.69, 9.17) is 23.2 Å². The number of halogens is 2. The standard InChI is InChI=1S/C10H11Cl2NO2S/c11-9-3-7(10(12)16-9)8(15)5-13-2-1-6(14)4-13/h3,6,14H,1-2,4-5H2. The molecule has 2 heterocycles. The molecule has 1 saturated heterocycles. The van der Waals surface area contributed by atoms with Gasteiger partial charge in [-0.3, -0.25) is 9.69 Å². The Balaban J connectivity index is 2.00. The SMILES string of the molecule is O=C(CN1CCC(O)C1)c1cc(Cl)sc1Cl. The minimum Gasteiger partial charge on any atom is -0.392 e. The Morgan fingerprint density at radius 1 is 1.62 bits per heavy atom. The van der Waals surface area contributed by atoms with Gasteiger partial charge in [0.05, 0.1) is 22.5 Å².